The Hall–Kier alpha value is -0.120. The van der Waals surface area contributed by atoms with E-state index >= 15 is 0 Å². The van der Waals surface area contributed by atoms with Gasteiger partial charge >= 0.3 is 0 Å². The molecule has 0 saturated carbocycles. The predicted octanol–water partition coefficient (Wildman–Crippen LogP) is 5.81. The third-order valence-corrected chi connectivity index (χ3v) is 6.22. The first-order valence-electron chi connectivity index (χ1n) is 5.52. The molecule has 17 heavy (non-hydrogen) atoms. The van der Waals surface area contributed by atoms with Crippen LogP contribution >= 0.6 is 43.2 Å². The minimum atomic E-state index is 0.401. The summed E-state index contributed by atoms with van der Waals surface area (Å²) in [4.78, 5) is 1.79. The Morgan fingerprint density at radius 2 is 1.88 bits per heavy atom. The topological polar surface area (TPSA) is 0 Å². The van der Waals surface area contributed by atoms with Gasteiger partial charge in [-0.15, -0.1) is 11.3 Å². The summed E-state index contributed by atoms with van der Waals surface area (Å²) in [6.07, 6.45) is 1.04. The van der Waals surface area contributed by atoms with E-state index in [-0.39, 0.29) is 0 Å². The number of alkyl halides is 1. The Balaban J connectivity index is 2.17. The fourth-order valence-electron chi connectivity index (χ4n) is 1.77. The van der Waals surface area contributed by atoms with Crippen LogP contribution in [0.1, 0.15) is 26.4 Å². The molecule has 1 aromatic heterocycles. The van der Waals surface area contributed by atoms with E-state index in [1.54, 1.807) is 0 Å². The monoisotopic (exact) mass is 372 g/mol. The van der Waals surface area contributed by atoms with Crippen LogP contribution < -0.4 is 0 Å². The minimum absolute atomic E-state index is 0.401. The third kappa shape index (κ3) is 3.21. The largest absolute Gasteiger partial charge is 0.132 e. The number of benzene rings is 1. The van der Waals surface area contributed by atoms with Crippen LogP contribution in [0.5, 0.6) is 0 Å². The van der Waals surface area contributed by atoms with Gasteiger partial charge in [-0.05, 0) is 59.0 Å². The maximum absolute atomic E-state index is 3.79. The predicted molar refractivity (Wildman–Crippen MR) is 83.3 cm³/mol. The molecular formula is C14H14Br2S. The average molecular weight is 374 g/mol. The van der Waals surface area contributed by atoms with Crippen molar-refractivity contribution in [2.75, 3.05) is 0 Å². The smallest absolute Gasteiger partial charge is 0.0730 e. The van der Waals surface area contributed by atoms with E-state index < -0.39 is 0 Å². The lowest BCUT2D eigenvalue weighted by Gasteiger charge is -2.10. The van der Waals surface area contributed by atoms with Gasteiger partial charge in [0.15, 0.2) is 0 Å². The molecule has 0 amide bonds. The molecule has 2 rings (SSSR count). The van der Waals surface area contributed by atoms with Crippen LogP contribution in [-0.2, 0) is 6.42 Å². The van der Waals surface area contributed by atoms with Crippen molar-refractivity contribution in [1.82, 2.24) is 0 Å². The van der Waals surface area contributed by atoms with E-state index in [4.69, 9.17) is 0 Å². The molecule has 0 N–H and O–H groups in total. The third-order valence-electron chi connectivity index (χ3n) is 2.85. The SMILES string of the molecule is Cc1ccccc1CC(Br)c1cc(C)c(Br)s1. The summed E-state index contributed by atoms with van der Waals surface area (Å²) in [6.45, 7) is 4.31. The van der Waals surface area contributed by atoms with Gasteiger partial charge in [0.2, 0.25) is 0 Å². The fraction of sp³-hybridized carbons (Fsp3) is 0.286. The number of thiophene rings is 1. The highest BCUT2D eigenvalue weighted by molar-refractivity contribution is 9.11. The van der Waals surface area contributed by atoms with Crippen LogP contribution in [0.4, 0.5) is 0 Å². The lowest BCUT2D eigenvalue weighted by molar-refractivity contribution is 0.957. The quantitative estimate of drug-likeness (QED) is 0.596. The molecule has 0 saturated heterocycles. The number of halogens is 2. The number of rotatable bonds is 3. The average Bonchev–Trinajstić information content (AvgIpc) is 2.63. The van der Waals surface area contributed by atoms with Gasteiger partial charge in [0.25, 0.3) is 0 Å². The minimum Gasteiger partial charge on any atom is -0.132 e. The van der Waals surface area contributed by atoms with Crippen molar-refractivity contribution < 1.29 is 0 Å². The van der Waals surface area contributed by atoms with E-state index in [9.17, 15) is 0 Å². The summed E-state index contributed by atoms with van der Waals surface area (Å²) in [5.74, 6) is 0. The molecule has 2 aromatic rings. The highest BCUT2D eigenvalue weighted by Crippen LogP contribution is 2.37. The molecule has 0 fully saturated rings. The molecule has 1 atom stereocenters. The van der Waals surface area contributed by atoms with Gasteiger partial charge in [-0.2, -0.15) is 0 Å². The molecule has 0 bridgehead atoms. The van der Waals surface area contributed by atoms with Crippen LogP contribution in [0, 0.1) is 13.8 Å². The van der Waals surface area contributed by atoms with Crippen LogP contribution in [-0.4, -0.2) is 0 Å². The van der Waals surface area contributed by atoms with Crippen molar-refractivity contribution in [2.24, 2.45) is 0 Å². The van der Waals surface area contributed by atoms with Gasteiger partial charge in [0, 0.05) is 4.88 Å². The van der Waals surface area contributed by atoms with E-state index in [2.05, 4.69) is 76.0 Å². The molecular weight excluding hydrogens is 360 g/mol. The second-order valence-corrected chi connectivity index (χ2v) is 7.71. The van der Waals surface area contributed by atoms with E-state index in [0.29, 0.717) is 4.83 Å². The second-order valence-electron chi connectivity index (χ2n) is 4.20. The van der Waals surface area contributed by atoms with E-state index in [1.165, 1.54) is 25.4 Å². The summed E-state index contributed by atoms with van der Waals surface area (Å²) in [7, 11) is 0. The molecule has 0 radical (unpaired) electrons. The molecule has 3 heteroatoms. The lowest BCUT2D eigenvalue weighted by atomic mass is 10.0. The standard InChI is InChI=1S/C14H14Br2S/c1-9-5-3-4-6-11(9)8-12(15)13-7-10(2)14(16)17-13/h3-7,12H,8H2,1-2H3. The molecule has 0 nitrogen and oxygen atoms in total. The maximum Gasteiger partial charge on any atom is 0.0730 e. The second kappa shape index (κ2) is 5.68. The van der Waals surface area contributed by atoms with Crippen LogP contribution in [0.2, 0.25) is 0 Å². The molecule has 1 heterocycles. The van der Waals surface area contributed by atoms with Gasteiger partial charge < -0.3 is 0 Å². The van der Waals surface area contributed by atoms with Crippen molar-refractivity contribution >= 4 is 43.2 Å². The Bertz CT molecular complexity index is 497. The molecule has 90 valence electrons. The summed E-state index contributed by atoms with van der Waals surface area (Å²) in [5, 5.41) is 0. The normalized spacial score (nSPS) is 12.7. The van der Waals surface area contributed by atoms with Gasteiger partial charge in [0.1, 0.15) is 0 Å². The van der Waals surface area contributed by atoms with Gasteiger partial charge in [-0.25, -0.2) is 0 Å². The van der Waals surface area contributed by atoms with Gasteiger partial charge in [-0.1, -0.05) is 40.2 Å². The Kier molecular flexibility index (Phi) is 4.45. The van der Waals surface area contributed by atoms with Crippen LogP contribution in [0.3, 0.4) is 0 Å². The van der Waals surface area contributed by atoms with Crippen molar-refractivity contribution in [2.45, 2.75) is 25.1 Å². The summed E-state index contributed by atoms with van der Waals surface area (Å²) in [5.41, 5.74) is 4.10. The summed E-state index contributed by atoms with van der Waals surface area (Å²) >= 11 is 9.19. The van der Waals surface area contributed by atoms with Crippen LogP contribution in [0.25, 0.3) is 0 Å². The van der Waals surface area contributed by atoms with Crippen molar-refractivity contribution in [1.29, 1.82) is 0 Å². The number of hydrogen-bond donors (Lipinski definition) is 0. The Labute approximate surface area is 123 Å². The first-order valence-corrected chi connectivity index (χ1v) is 8.05. The first-order chi connectivity index (χ1) is 8.08. The Morgan fingerprint density at radius 1 is 1.18 bits per heavy atom. The molecule has 0 aliphatic carbocycles. The van der Waals surface area contributed by atoms with Crippen LogP contribution in [0.15, 0.2) is 34.1 Å². The fourth-order valence-corrected chi connectivity index (χ4v) is 4.08. The zero-order valence-corrected chi connectivity index (χ0v) is 13.8. The molecule has 0 aliphatic heterocycles. The highest BCUT2D eigenvalue weighted by atomic mass is 79.9. The lowest BCUT2D eigenvalue weighted by Crippen LogP contribution is -1.95. The molecule has 0 spiro atoms. The van der Waals surface area contributed by atoms with E-state index in [0.717, 1.165) is 6.42 Å². The summed E-state index contributed by atoms with van der Waals surface area (Å²) in [6, 6.07) is 10.8. The Morgan fingerprint density at radius 3 is 2.47 bits per heavy atom. The zero-order chi connectivity index (χ0) is 12.4. The van der Waals surface area contributed by atoms with Crippen molar-refractivity contribution in [3.05, 3.63) is 55.7 Å². The molecule has 0 aliphatic rings. The first kappa shape index (κ1) is 13.3. The highest BCUT2D eigenvalue weighted by Gasteiger charge is 2.13. The maximum atomic E-state index is 3.79. The number of aryl methyl sites for hydroxylation is 2. The molecule has 1 aromatic carbocycles. The summed E-state index contributed by atoms with van der Waals surface area (Å²) < 4.78 is 1.24. The van der Waals surface area contributed by atoms with Crippen molar-refractivity contribution in [3.63, 3.8) is 0 Å². The zero-order valence-electron chi connectivity index (χ0n) is 9.84. The van der Waals surface area contributed by atoms with Crippen molar-refractivity contribution in [3.8, 4) is 0 Å². The molecule has 1 unspecified atom stereocenters. The van der Waals surface area contributed by atoms with Gasteiger partial charge in [0.05, 0.1) is 8.61 Å². The van der Waals surface area contributed by atoms with E-state index in [1.807, 2.05) is 11.3 Å². The van der Waals surface area contributed by atoms with Gasteiger partial charge in [-0.3, -0.25) is 0 Å². The number of hydrogen-bond acceptors (Lipinski definition) is 1.